The first kappa shape index (κ1) is 16.5. The number of nitrogens with two attached hydrogens (primary N) is 1. The number of hydrogen-bond acceptors (Lipinski definition) is 5. The lowest BCUT2D eigenvalue weighted by molar-refractivity contribution is 0.0224. The predicted octanol–water partition coefficient (Wildman–Crippen LogP) is 4.44. The van der Waals surface area contributed by atoms with E-state index in [0.717, 1.165) is 41.2 Å². The van der Waals surface area contributed by atoms with Crippen LogP contribution in [0.2, 0.25) is 0 Å². The zero-order chi connectivity index (χ0) is 19.6. The summed E-state index contributed by atoms with van der Waals surface area (Å²) in [7, 11) is 0. The Kier molecular flexibility index (Phi) is 3.28. The van der Waals surface area contributed by atoms with E-state index in [9.17, 15) is 4.79 Å². The zero-order valence-electron chi connectivity index (χ0n) is 15.9. The molecule has 1 saturated heterocycles. The standard InChI is InChI=1S/C24H20N2O3/c25-15-7-10-21-20(13-15)24(18-6-2-1-5-17(18)23(27)29-24)19-9-8-16(14-22(19)28-21)26-11-3-4-12-26/h1-2,5-10,13-14H,3-4,11-12,25H2. The molecular formula is C24H20N2O3. The second-order valence-corrected chi connectivity index (χ2v) is 7.85. The van der Waals surface area contributed by atoms with Crippen molar-refractivity contribution in [2.45, 2.75) is 18.4 Å². The third-order valence-electron chi connectivity index (χ3n) is 6.19. The number of ether oxygens (including phenoxy) is 2. The van der Waals surface area contributed by atoms with Gasteiger partial charge in [-0.15, -0.1) is 0 Å². The first-order valence-corrected chi connectivity index (χ1v) is 9.97. The average Bonchev–Trinajstić information content (AvgIpc) is 3.37. The number of hydrogen-bond donors (Lipinski definition) is 1. The molecule has 1 unspecified atom stereocenters. The van der Waals surface area contributed by atoms with Crippen molar-refractivity contribution in [3.63, 3.8) is 0 Å². The van der Waals surface area contributed by atoms with Crippen LogP contribution in [-0.4, -0.2) is 19.1 Å². The van der Waals surface area contributed by atoms with Gasteiger partial charge in [-0.2, -0.15) is 0 Å². The SMILES string of the molecule is Nc1ccc2c(c1)C1(OC(=O)c3ccccc31)c1ccc(N3CCCC3)cc1O2. The van der Waals surface area contributed by atoms with Gasteiger partial charge in [0.2, 0.25) is 0 Å². The highest BCUT2D eigenvalue weighted by atomic mass is 16.6. The van der Waals surface area contributed by atoms with Gasteiger partial charge in [-0.05, 0) is 49.2 Å². The summed E-state index contributed by atoms with van der Waals surface area (Å²) in [6, 6.07) is 19.3. The van der Waals surface area contributed by atoms with Gasteiger partial charge in [0.1, 0.15) is 11.5 Å². The van der Waals surface area contributed by atoms with Crippen LogP contribution in [0.1, 0.15) is 39.9 Å². The molecule has 0 aliphatic carbocycles. The Morgan fingerprint density at radius 1 is 0.862 bits per heavy atom. The summed E-state index contributed by atoms with van der Waals surface area (Å²) < 4.78 is 12.4. The van der Waals surface area contributed by atoms with Crippen molar-refractivity contribution in [2.75, 3.05) is 23.7 Å². The normalized spacial score (nSPS) is 21.4. The number of nitrogen functional groups attached to an aromatic ring is 1. The quantitative estimate of drug-likeness (QED) is 0.496. The minimum atomic E-state index is -1.05. The summed E-state index contributed by atoms with van der Waals surface area (Å²) >= 11 is 0. The van der Waals surface area contributed by atoms with Crippen LogP contribution in [0.5, 0.6) is 11.5 Å². The fourth-order valence-corrected chi connectivity index (χ4v) is 4.85. The smallest absolute Gasteiger partial charge is 0.340 e. The van der Waals surface area contributed by atoms with Crippen molar-refractivity contribution in [1.82, 2.24) is 0 Å². The molecule has 2 N–H and O–H groups in total. The lowest BCUT2D eigenvalue weighted by Crippen LogP contribution is -2.33. The minimum Gasteiger partial charge on any atom is -0.456 e. The molecule has 3 aromatic carbocycles. The van der Waals surface area contributed by atoms with Gasteiger partial charge >= 0.3 is 5.97 Å². The first-order valence-electron chi connectivity index (χ1n) is 9.97. The molecule has 0 radical (unpaired) electrons. The van der Waals surface area contributed by atoms with Crippen LogP contribution in [0, 0.1) is 0 Å². The van der Waals surface area contributed by atoms with E-state index in [1.165, 1.54) is 12.8 Å². The number of benzene rings is 3. The zero-order valence-corrected chi connectivity index (χ0v) is 15.9. The maximum Gasteiger partial charge on any atom is 0.340 e. The number of nitrogens with zero attached hydrogens (tertiary/aromatic N) is 1. The van der Waals surface area contributed by atoms with E-state index in [0.29, 0.717) is 17.0 Å². The van der Waals surface area contributed by atoms with Crippen molar-refractivity contribution in [3.8, 4) is 11.5 Å². The fraction of sp³-hybridized carbons (Fsp3) is 0.208. The van der Waals surface area contributed by atoms with E-state index in [1.54, 1.807) is 0 Å². The number of fused-ring (bicyclic) bond motifs is 6. The number of rotatable bonds is 1. The van der Waals surface area contributed by atoms with E-state index in [4.69, 9.17) is 15.2 Å². The van der Waals surface area contributed by atoms with E-state index in [2.05, 4.69) is 17.0 Å². The van der Waals surface area contributed by atoms with Gasteiger partial charge < -0.3 is 20.1 Å². The second-order valence-electron chi connectivity index (χ2n) is 7.85. The number of esters is 1. The summed E-state index contributed by atoms with van der Waals surface area (Å²) in [5.74, 6) is 1.05. The molecule has 0 saturated carbocycles. The number of anilines is 2. The second kappa shape index (κ2) is 5.77. The van der Waals surface area contributed by atoms with Crippen molar-refractivity contribution in [3.05, 3.63) is 82.9 Å². The Morgan fingerprint density at radius 3 is 2.55 bits per heavy atom. The average molecular weight is 384 g/mol. The van der Waals surface area contributed by atoms with E-state index < -0.39 is 5.60 Å². The summed E-state index contributed by atoms with van der Waals surface area (Å²) in [5, 5.41) is 0. The van der Waals surface area contributed by atoms with Gasteiger partial charge in [-0.1, -0.05) is 18.2 Å². The fourth-order valence-electron chi connectivity index (χ4n) is 4.85. The van der Waals surface area contributed by atoms with Crippen LogP contribution >= 0.6 is 0 Å². The molecule has 144 valence electrons. The van der Waals surface area contributed by atoms with Crippen molar-refractivity contribution in [1.29, 1.82) is 0 Å². The number of carbonyl (C=O) groups is 1. The van der Waals surface area contributed by atoms with Crippen LogP contribution in [0.25, 0.3) is 0 Å². The highest BCUT2D eigenvalue weighted by Gasteiger charge is 2.53. The highest BCUT2D eigenvalue weighted by Crippen LogP contribution is 2.56. The van der Waals surface area contributed by atoms with Gasteiger partial charge in [-0.3, -0.25) is 0 Å². The first-order chi connectivity index (χ1) is 14.2. The number of carbonyl (C=O) groups excluding carboxylic acids is 1. The van der Waals surface area contributed by atoms with Crippen LogP contribution in [0.15, 0.2) is 60.7 Å². The molecule has 1 fully saturated rings. The topological polar surface area (TPSA) is 64.8 Å². The minimum absolute atomic E-state index is 0.328. The molecule has 3 heterocycles. The highest BCUT2D eigenvalue weighted by molar-refractivity contribution is 5.97. The van der Waals surface area contributed by atoms with Crippen molar-refractivity contribution in [2.24, 2.45) is 0 Å². The Hall–Kier alpha value is -3.47. The molecule has 1 spiro atoms. The molecule has 5 heteroatoms. The van der Waals surface area contributed by atoms with Crippen LogP contribution in [-0.2, 0) is 10.3 Å². The van der Waals surface area contributed by atoms with Gasteiger partial charge in [-0.25, -0.2) is 4.79 Å². The largest absolute Gasteiger partial charge is 0.456 e. The summed E-state index contributed by atoms with van der Waals surface area (Å²) in [5.41, 5.74) is 9.80. The van der Waals surface area contributed by atoms with Crippen LogP contribution < -0.4 is 15.4 Å². The molecule has 6 rings (SSSR count). The van der Waals surface area contributed by atoms with Gasteiger partial charge in [0.15, 0.2) is 5.60 Å². The Labute approximate surface area is 168 Å². The molecule has 5 nitrogen and oxygen atoms in total. The van der Waals surface area contributed by atoms with Gasteiger partial charge in [0.05, 0.1) is 5.56 Å². The Morgan fingerprint density at radius 2 is 1.69 bits per heavy atom. The lowest BCUT2D eigenvalue weighted by atomic mass is 9.77. The molecule has 0 amide bonds. The Balaban J connectivity index is 1.63. The maximum absolute atomic E-state index is 12.8. The van der Waals surface area contributed by atoms with Gasteiger partial charge in [0, 0.05) is 47.2 Å². The summed E-state index contributed by atoms with van der Waals surface area (Å²) in [4.78, 5) is 15.2. The van der Waals surface area contributed by atoms with Crippen molar-refractivity contribution < 1.29 is 14.3 Å². The lowest BCUT2D eigenvalue weighted by Gasteiger charge is -2.37. The molecular weight excluding hydrogens is 364 g/mol. The summed E-state index contributed by atoms with van der Waals surface area (Å²) in [6.07, 6.45) is 2.41. The van der Waals surface area contributed by atoms with E-state index in [1.807, 2.05) is 48.5 Å². The molecule has 29 heavy (non-hydrogen) atoms. The maximum atomic E-state index is 12.8. The molecule has 0 aromatic heterocycles. The van der Waals surface area contributed by atoms with E-state index in [-0.39, 0.29) is 5.97 Å². The molecule has 3 aromatic rings. The predicted molar refractivity (Wildman–Crippen MR) is 111 cm³/mol. The van der Waals surface area contributed by atoms with Gasteiger partial charge in [0.25, 0.3) is 0 Å². The molecule has 3 aliphatic rings. The van der Waals surface area contributed by atoms with E-state index >= 15 is 0 Å². The van der Waals surface area contributed by atoms with Crippen molar-refractivity contribution >= 4 is 17.3 Å². The molecule has 0 bridgehead atoms. The third-order valence-corrected chi connectivity index (χ3v) is 6.19. The van der Waals surface area contributed by atoms with Crippen LogP contribution in [0.3, 0.4) is 0 Å². The Bertz CT molecular complexity index is 1170. The third kappa shape index (κ3) is 2.18. The monoisotopic (exact) mass is 384 g/mol. The molecule has 1 atom stereocenters. The molecule has 3 aliphatic heterocycles. The van der Waals surface area contributed by atoms with Crippen LogP contribution in [0.4, 0.5) is 11.4 Å². The summed E-state index contributed by atoms with van der Waals surface area (Å²) in [6.45, 7) is 2.10.